The number of nitrogens with two attached hydrogens (primary N) is 3. The lowest BCUT2D eigenvalue weighted by Crippen LogP contribution is -2.26. The van der Waals surface area contributed by atoms with Crippen LogP contribution >= 0.6 is 0 Å². The molecule has 7 N–H and O–H groups in total. The molecule has 0 aliphatic heterocycles. The Balaban J connectivity index is 3.24. The highest BCUT2D eigenvalue weighted by Gasteiger charge is 2.09. The fourth-order valence-corrected chi connectivity index (χ4v) is 1.30. The first-order chi connectivity index (χ1) is 8.93. The van der Waals surface area contributed by atoms with Gasteiger partial charge in [-0.2, -0.15) is 4.99 Å². The highest BCUT2D eigenvalue weighted by Crippen LogP contribution is 2.28. The Morgan fingerprint density at radius 2 is 2.05 bits per heavy atom. The molecule has 0 aliphatic carbocycles. The lowest BCUT2D eigenvalue weighted by Gasteiger charge is -2.07. The van der Waals surface area contributed by atoms with Gasteiger partial charge < -0.3 is 27.0 Å². The van der Waals surface area contributed by atoms with Crippen molar-refractivity contribution in [2.24, 2.45) is 27.2 Å². The number of hydrogen-bond acceptors (Lipinski definition) is 3. The lowest BCUT2D eigenvalue weighted by atomic mass is 10.2. The maximum atomic E-state index is 10.9. The van der Waals surface area contributed by atoms with Crippen molar-refractivity contribution in [1.82, 2.24) is 0 Å². The molecule has 0 spiro atoms. The van der Waals surface area contributed by atoms with E-state index in [9.17, 15) is 4.79 Å². The van der Waals surface area contributed by atoms with E-state index in [0.717, 1.165) is 0 Å². The molecule has 0 bridgehead atoms. The topological polar surface area (TPSA) is 149 Å². The Labute approximate surface area is 109 Å². The van der Waals surface area contributed by atoms with Gasteiger partial charge in [0.15, 0.2) is 5.96 Å². The lowest BCUT2D eigenvalue weighted by molar-refractivity contribution is 0.0697. The maximum Gasteiger partial charge on any atom is 0.335 e. The molecule has 0 atom stereocenters. The molecular formula is C11H15N5O3. The molecule has 8 heteroatoms. The first kappa shape index (κ1) is 14.3. The van der Waals surface area contributed by atoms with Crippen LogP contribution < -0.4 is 21.9 Å². The van der Waals surface area contributed by atoms with Gasteiger partial charge in [-0.15, -0.1) is 0 Å². The molecule has 0 heterocycles. The summed E-state index contributed by atoms with van der Waals surface area (Å²) in [7, 11) is 0. The van der Waals surface area contributed by atoms with E-state index in [1.807, 2.05) is 0 Å². The van der Waals surface area contributed by atoms with Gasteiger partial charge in [0.05, 0.1) is 12.2 Å². The van der Waals surface area contributed by atoms with E-state index >= 15 is 0 Å². The number of carboxylic acids is 1. The average molecular weight is 265 g/mol. The van der Waals surface area contributed by atoms with Gasteiger partial charge in [-0.25, -0.2) is 9.79 Å². The number of guanidine groups is 2. The summed E-state index contributed by atoms with van der Waals surface area (Å²) < 4.78 is 5.31. The molecule has 102 valence electrons. The van der Waals surface area contributed by atoms with Crippen molar-refractivity contribution in [2.75, 3.05) is 6.61 Å². The molecular weight excluding hydrogens is 250 g/mol. The smallest absolute Gasteiger partial charge is 0.335 e. The van der Waals surface area contributed by atoms with Crippen LogP contribution in [0.15, 0.2) is 28.2 Å². The Morgan fingerprint density at radius 3 is 2.58 bits per heavy atom. The Bertz CT molecular complexity index is 535. The van der Waals surface area contributed by atoms with Crippen molar-refractivity contribution in [3.05, 3.63) is 23.8 Å². The molecule has 1 rings (SSSR count). The molecule has 19 heavy (non-hydrogen) atoms. The van der Waals surface area contributed by atoms with Crippen LogP contribution in [0.5, 0.6) is 5.75 Å². The summed E-state index contributed by atoms with van der Waals surface area (Å²) >= 11 is 0. The van der Waals surface area contributed by atoms with Gasteiger partial charge in [0, 0.05) is 0 Å². The van der Waals surface area contributed by atoms with Crippen molar-refractivity contribution >= 4 is 23.6 Å². The van der Waals surface area contributed by atoms with Crippen LogP contribution in [0.1, 0.15) is 17.3 Å². The van der Waals surface area contributed by atoms with Crippen LogP contribution in [0.25, 0.3) is 0 Å². The second-order valence-corrected chi connectivity index (χ2v) is 3.43. The summed E-state index contributed by atoms with van der Waals surface area (Å²) in [6, 6.07) is 4.22. The van der Waals surface area contributed by atoms with Crippen molar-refractivity contribution in [3.8, 4) is 5.75 Å². The predicted molar refractivity (Wildman–Crippen MR) is 71.7 cm³/mol. The van der Waals surface area contributed by atoms with Crippen molar-refractivity contribution < 1.29 is 14.6 Å². The third-order valence-corrected chi connectivity index (χ3v) is 1.98. The monoisotopic (exact) mass is 265 g/mol. The highest BCUT2D eigenvalue weighted by molar-refractivity contribution is 5.95. The number of ether oxygens (including phenoxy) is 1. The third kappa shape index (κ3) is 4.19. The number of rotatable bonds is 4. The zero-order valence-corrected chi connectivity index (χ0v) is 10.3. The molecule has 0 fully saturated rings. The normalized spacial score (nSPS) is 10.9. The van der Waals surface area contributed by atoms with Crippen LogP contribution in [-0.4, -0.2) is 29.6 Å². The first-order valence-corrected chi connectivity index (χ1v) is 5.38. The number of carbonyl (C=O) groups is 1. The zero-order chi connectivity index (χ0) is 14.4. The van der Waals surface area contributed by atoms with E-state index < -0.39 is 5.97 Å². The molecule has 0 saturated carbocycles. The van der Waals surface area contributed by atoms with E-state index in [4.69, 9.17) is 27.0 Å². The largest absolute Gasteiger partial charge is 0.492 e. The van der Waals surface area contributed by atoms with Gasteiger partial charge in [-0.3, -0.25) is 0 Å². The Morgan fingerprint density at radius 1 is 1.37 bits per heavy atom. The Hall–Kier alpha value is -2.77. The number of hydrogen-bond donors (Lipinski definition) is 4. The molecule has 0 aliphatic rings. The van der Waals surface area contributed by atoms with E-state index in [2.05, 4.69) is 9.98 Å². The first-order valence-electron chi connectivity index (χ1n) is 5.38. The minimum absolute atomic E-state index is 0.0553. The van der Waals surface area contributed by atoms with Crippen molar-refractivity contribution in [3.63, 3.8) is 0 Å². The van der Waals surface area contributed by atoms with Crippen LogP contribution in [0, 0.1) is 0 Å². The summed E-state index contributed by atoms with van der Waals surface area (Å²) in [5.41, 5.74) is 16.1. The number of nitrogens with zero attached hydrogens (tertiary/aromatic N) is 2. The molecule has 8 nitrogen and oxygen atoms in total. The van der Waals surface area contributed by atoms with Crippen LogP contribution in [0.3, 0.4) is 0 Å². The SMILES string of the molecule is CCOc1ccc(C(=O)O)cc1N=C(N)N=C(N)N. The van der Waals surface area contributed by atoms with E-state index in [-0.39, 0.29) is 23.2 Å². The summed E-state index contributed by atoms with van der Waals surface area (Å²) in [6.07, 6.45) is 0. The minimum Gasteiger partial charge on any atom is -0.492 e. The van der Waals surface area contributed by atoms with Crippen LogP contribution in [-0.2, 0) is 0 Å². The predicted octanol–water partition coefficient (Wildman–Crippen LogP) is 0.00310. The fraction of sp³-hybridized carbons (Fsp3) is 0.182. The standard InChI is InChI=1S/C11H15N5O3/c1-2-19-8-4-3-6(9(17)18)5-7(8)15-11(14)16-10(12)13/h3-5H,2H2,1H3,(H,17,18)(H6,12,13,14,15,16). The van der Waals surface area contributed by atoms with Crippen LogP contribution in [0.2, 0.25) is 0 Å². The molecule has 0 saturated heterocycles. The molecule has 0 amide bonds. The number of aromatic carboxylic acids is 1. The van der Waals surface area contributed by atoms with Crippen molar-refractivity contribution in [2.45, 2.75) is 6.92 Å². The van der Waals surface area contributed by atoms with Crippen molar-refractivity contribution in [1.29, 1.82) is 0 Å². The third-order valence-electron chi connectivity index (χ3n) is 1.98. The van der Waals surface area contributed by atoms with Gasteiger partial charge in [0.25, 0.3) is 0 Å². The zero-order valence-electron chi connectivity index (χ0n) is 10.3. The highest BCUT2D eigenvalue weighted by atomic mass is 16.5. The number of aliphatic imine (C=N–C) groups is 2. The minimum atomic E-state index is -1.08. The Kier molecular flexibility index (Phi) is 4.69. The fourth-order valence-electron chi connectivity index (χ4n) is 1.30. The van der Waals surface area contributed by atoms with E-state index in [1.165, 1.54) is 18.2 Å². The maximum absolute atomic E-state index is 10.9. The van der Waals surface area contributed by atoms with Gasteiger partial charge in [0.1, 0.15) is 11.4 Å². The van der Waals surface area contributed by atoms with Crippen LogP contribution in [0.4, 0.5) is 5.69 Å². The van der Waals surface area contributed by atoms with Gasteiger partial charge in [0.2, 0.25) is 5.96 Å². The van der Waals surface area contributed by atoms with Gasteiger partial charge >= 0.3 is 5.97 Å². The number of benzene rings is 1. The average Bonchev–Trinajstić information content (AvgIpc) is 2.30. The van der Waals surface area contributed by atoms with Gasteiger partial charge in [-0.05, 0) is 25.1 Å². The second kappa shape index (κ2) is 6.24. The summed E-state index contributed by atoms with van der Waals surface area (Å²) in [5, 5.41) is 8.92. The molecule has 0 aromatic heterocycles. The number of carboxylic acid groups (broad SMARTS) is 1. The molecule has 0 radical (unpaired) electrons. The molecule has 0 unspecified atom stereocenters. The summed E-state index contributed by atoms with van der Waals surface area (Å²) in [6.45, 7) is 2.19. The molecule has 1 aromatic rings. The second-order valence-electron chi connectivity index (χ2n) is 3.43. The summed E-state index contributed by atoms with van der Waals surface area (Å²) in [4.78, 5) is 18.4. The summed E-state index contributed by atoms with van der Waals surface area (Å²) in [5.74, 6) is -1.13. The van der Waals surface area contributed by atoms with E-state index in [1.54, 1.807) is 6.92 Å². The van der Waals surface area contributed by atoms with E-state index in [0.29, 0.717) is 12.4 Å². The molecule has 1 aromatic carbocycles. The quantitative estimate of drug-likeness (QED) is 0.444. The van der Waals surface area contributed by atoms with Gasteiger partial charge in [-0.1, -0.05) is 0 Å².